The second-order valence-corrected chi connectivity index (χ2v) is 10.1. The number of nitrogens with zero attached hydrogens (tertiary/aromatic N) is 1. The summed E-state index contributed by atoms with van der Waals surface area (Å²) in [6.45, 7) is 13.6. The van der Waals surface area contributed by atoms with Crippen molar-refractivity contribution in [1.29, 1.82) is 0 Å². The van der Waals surface area contributed by atoms with Gasteiger partial charge in [0.15, 0.2) is 0 Å². The number of aliphatic hydroxyl groups excluding tert-OH is 1. The smallest absolute Gasteiger partial charge is 0.408 e. The number of ether oxygens (including phenoxy) is 1. The zero-order valence-electron chi connectivity index (χ0n) is 21.6. The van der Waals surface area contributed by atoms with Crippen molar-refractivity contribution < 1.29 is 24.2 Å². The van der Waals surface area contributed by atoms with Crippen LogP contribution < -0.4 is 10.6 Å². The fourth-order valence-electron chi connectivity index (χ4n) is 3.29. The molecule has 0 heterocycles. The number of hydrogen-bond donors (Lipinski definition) is 3. The molecule has 0 radical (unpaired) electrons. The van der Waals surface area contributed by atoms with Gasteiger partial charge in [-0.25, -0.2) is 4.79 Å². The van der Waals surface area contributed by atoms with Gasteiger partial charge in [-0.1, -0.05) is 25.0 Å². The summed E-state index contributed by atoms with van der Waals surface area (Å²) in [6, 6.07) is 4.33. The van der Waals surface area contributed by atoms with Crippen molar-refractivity contribution in [2.45, 2.75) is 91.1 Å². The van der Waals surface area contributed by atoms with E-state index >= 15 is 0 Å². The van der Waals surface area contributed by atoms with Crippen LogP contribution in [0.1, 0.15) is 79.0 Å². The zero-order chi connectivity index (χ0) is 26.3. The predicted octanol–water partition coefficient (Wildman–Crippen LogP) is 3.14. The van der Waals surface area contributed by atoms with Crippen LogP contribution in [0.15, 0.2) is 24.3 Å². The highest BCUT2D eigenvalue weighted by atomic mass is 16.6. The highest BCUT2D eigenvalue weighted by Gasteiger charge is 2.43. The Balaban J connectivity index is 3.55. The maximum atomic E-state index is 13.8. The third-order valence-electron chi connectivity index (χ3n) is 5.26. The van der Waals surface area contributed by atoms with Crippen LogP contribution in [0.5, 0.6) is 0 Å². The number of carbonyl (C=O) groups excluding carboxylic acids is 3. The molecule has 0 bridgehead atoms. The molecule has 1 rings (SSSR count). The average Bonchev–Trinajstić information content (AvgIpc) is 2.73. The van der Waals surface area contributed by atoms with Gasteiger partial charge in [-0.15, -0.1) is 6.42 Å². The molecule has 34 heavy (non-hydrogen) atoms. The van der Waals surface area contributed by atoms with Crippen molar-refractivity contribution in [2.24, 2.45) is 0 Å². The standard InChI is InChI=1S/C26H39N3O5/c1-10-18-12-14-19(15-13-18)21(22(31)27-17(3)4)29(26(8,9)11-2)23(32)20(16-30)28-24(33)34-25(5,6)7/h1,12-15,17,20-21,30H,11,16H2,2-9H3,(H,27,31)(H,28,33). The number of aliphatic hydroxyl groups is 1. The van der Waals surface area contributed by atoms with Crippen LogP contribution in [0.4, 0.5) is 4.79 Å². The topological polar surface area (TPSA) is 108 Å². The van der Waals surface area contributed by atoms with Gasteiger partial charge in [0.25, 0.3) is 0 Å². The Morgan fingerprint density at radius 2 is 1.65 bits per heavy atom. The average molecular weight is 474 g/mol. The van der Waals surface area contributed by atoms with E-state index in [0.717, 1.165) is 0 Å². The molecule has 0 saturated carbocycles. The minimum Gasteiger partial charge on any atom is -0.444 e. The Labute approximate surface area is 203 Å². The molecular formula is C26H39N3O5. The summed E-state index contributed by atoms with van der Waals surface area (Å²) in [5, 5.41) is 15.3. The molecular weight excluding hydrogens is 434 g/mol. The molecule has 0 fully saturated rings. The van der Waals surface area contributed by atoms with E-state index in [-0.39, 0.29) is 11.9 Å². The fourth-order valence-corrected chi connectivity index (χ4v) is 3.29. The van der Waals surface area contributed by atoms with Crippen molar-refractivity contribution >= 4 is 17.9 Å². The molecule has 2 unspecified atom stereocenters. The van der Waals surface area contributed by atoms with Crippen LogP contribution in [0.3, 0.4) is 0 Å². The summed E-state index contributed by atoms with van der Waals surface area (Å²) in [5.74, 6) is 1.55. The molecule has 1 aromatic rings. The van der Waals surface area contributed by atoms with Crippen LogP contribution in [0.2, 0.25) is 0 Å². The first-order valence-electron chi connectivity index (χ1n) is 11.5. The maximum absolute atomic E-state index is 13.8. The SMILES string of the molecule is C#Cc1ccc(C(C(=O)NC(C)C)N(C(=O)C(CO)NC(=O)OC(C)(C)C)C(C)(C)CC)cc1. The van der Waals surface area contributed by atoms with Gasteiger partial charge in [-0.3, -0.25) is 9.59 Å². The number of carbonyl (C=O) groups is 3. The Morgan fingerprint density at radius 1 is 1.09 bits per heavy atom. The molecule has 0 aliphatic carbocycles. The van der Waals surface area contributed by atoms with Gasteiger partial charge in [-0.05, 0) is 72.6 Å². The molecule has 188 valence electrons. The van der Waals surface area contributed by atoms with E-state index in [9.17, 15) is 19.5 Å². The molecule has 8 heteroatoms. The van der Waals surface area contributed by atoms with Crippen LogP contribution >= 0.6 is 0 Å². The fraction of sp³-hybridized carbons (Fsp3) is 0.577. The molecule has 3 amide bonds. The molecule has 0 aliphatic heterocycles. The summed E-state index contributed by atoms with van der Waals surface area (Å²) in [7, 11) is 0. The van der Waals surface area contributed by atoms with Gasteiger partial charge in [0.2, 0.25) is 11.8 Å². The normalized spacial score (nSPS) is 13.4. The van der Waals surface area contributed by atoms with E-state index < -0.39 is 41.8 Å². The zero-order valence-corrected chi connectivity index (χ0v) is 21.6. The molecule has 0 aliphatic rings. The van der Waals surface area contributed by atoms with Gasteiger partial charge >= 0.3 is 6.09 Å². The third-order valence-corrected chi connectivity index (χ3v) is 5.26. The summed E-state index contributed by atoms with van der Waals surface area (Å²) >= 11 is 0. The largest absolute Gasteiger partial charge is 0.444 e. The second kappa shape index (κ2) is 11.9. The lowest BCUT2D eigenvalue weighted by Gasteiger charge is -2.44. The lowest BCUT2D eigenvalue weighted by Crippen LogP contribution is -2.60. The first kappa shape index (κ1) is 29.0. The van der Waals surface area contributed by atoms with Crippen LogP contribution in [0, 0.1) is 12.3 Å². The molecule has 8 nitrogen and oxygen atoms in total. The summed E-state index contributed by atoms with van der Waals surface area (Å²) < 4.78 is 5.25. The molecule has 2 atom stereocenters. The lowest BCUT2D eigenvalue weighted by molar-refractivity contribution is -0.150. The molecule has 3 N–H and O–H groups in total. The maximum Gasteiger partial charge on any atom is 0.408 e. The first-order chi connectivity index (χ1) is 15.7. The van der Waals surface area contributed by atoms with Crippen molar-refractivity contribution in [3.63, 3.8) is 0 Å². The highest BCUT2D eigenvalue weighted by Crippen LogP contribution is 2.32. The summed E-state index contributed by atoms with van der Waals surface area (Å²) in [6.07, 6.45) is 5.15. The van der Waals surface area contributed by atoms with Gasteiger partial charge in [0.05, 0.1) is 6.61 Å². The van der Waals surface area contributed by atoms with Crippen molar-refractivity contribution in [3.05, 3.63) is 35.4 Å². The molecule has 0 saturated heterocycles. The molecule has 0 spiro atoms. The number of nitrogens with one attached hydrogen (secondary N) is 2. The Hall–Kier alpha value is -3.05. The van der Waals surface area contributed by atoms with Crippen LogP contribution in [0.25, 0.3) is 0 Å². The number of hydrogen-bond acceptors (Lipinski definition) is 5. The molecule has 1 aromatic carbocycles. The number of alkyl carbamates (subject to hydrolysis) is 1. The van der Waals surface area contributed by atoms with Crippen LogP contribution in [-0.4, -0.2) is 57.7 Å². The van der Waals surface area contributed by atoms with E-state index in [1.165, 1.54) is 4.90 Å². The molecule has 0 aromatic heterocycles. The van der Waals surface area contributed by atoms with Crippen molar-refractivity contribution in [3.8, 4) is 12.3 Å². The highest BCUT2D eigenvalue weighted by molar-refractivity contribution is 5.92. The minimum atomic E-state index is -1.31. The lowest BCUT2D eigenvalue weighted by atomic mass is 9.91. The summed E-state index contributed by atoms with van der Waals surface area (Å²) in [5.41, 5.74) is -0.391. The van der Waals surface area contributed by atoms with Gasteiger partial charge in [0, 0.05) is 17.1 Å². The monoisotopic (exact) mass is 473 g/mol. The quantitative estimate of drug-likeness (QED) is 0.478. The van der Waals surface area contributed by atoms with E-state index in [1.807, 2.05) is 34.6 Å². The van der Waals surface area contributed by atoms with E-state index in [0.29, 0.717) is 17.5 Å². The van der Waals surface area contributed by atoms with Gasteiger partial charge in [0.1, 0.15) is 17.7 Å². The first-order valence-corrected chi connectivity index (χ1v) is 11.5. The Kier molecular flexibility index (Phi) is 10.1. The van der Waals surface area contributed by atoms with E-state index in [1.54, 1.807) is 45.0 Å². The Morgan fingerprint density at radius 3 is 2.06 bits per heavy atom. The number of amides is 3. The third kappa shape index (κ3) is 8.07. The van der Waals surface area contributed by atoms with Crippen LogP contribution in [-0.2, 0) is 14.3 Å². The van der Waals surface area contributed by atoms with E-state index in [2.05, 4.69) is 16.6 Å². The minimum absolute atomic E-state index is 0.171. The predicted molar refractivity (Wildman–Crippen MR) is 132 cm³/mol. The van der Waals surface area contributed by atoms with Gasteiger partial charge in [-0.2, -0.15) is 0 Å². The van der Waals surface area contributed by atoms with Gasteiger partial charge < -0.3 is 25.4 Å². The van der Waals surface area contributed by atoms with Crippen molar-refractivity contribution in [2.75, 3.05) is 6.61 Å². The summed E-state index contributed by atoms with van der Waals surface area (Å²) in [4.78, 5) is 41.0. The number of terminal acetylenes is 1. The number of rotatable bonds is 9. The second-order valence-electron chi connectivity index (χ2n) is 10.1. The van der Waals surface area contributed by atoms with E-state index in [4.69, 9.17) is 11.2 Å². The van der Waals surface area contributed by atoms with Crippen molar-refractivity contribution in [1.82, 2.24) is 15.5 Å². The Bertz CT molecular complexity index is 894. The number of benzene rings is 1.